The maximum absolute atomic E-state index is 11.0. The molecule has 0 amide bonds. The first-order valence-corrected chi connectivity index (χ1v) is 6.60. The Balaban J connectivity index is 2.23. The molecule has 1 unspecified atom stereocenters. The van der Waals surface area contributed by atoms with Crippen LogP contribution in [0.15, 0.2) is 42.5 Å². The second kappa shape index (κ2) is 6.26. The van der Waals surface area contributed by atoms with Crippen molar-refractivity contribution in [1.82, 2.24) is 4.98 Å². The Hall–Kier alpha value is -2.56. The third-order valence-electron chi connectivity index (χ3n) is 3.49. The molecule has 0 radical (unpaired) electrons. The number of carboxylic acids is 1. The number of ether oxygens (including phenoxy) is 1. The van der Waals surface area contributed by atoms with Crippen LogP contribution in [-0.2, 0) is 0 Å². The summed E-state index contributed by atoms with van der Waals surface area (Å²) in [5.41, 5.74) is 1.14. The van der Waals surface area contributed by atoms with Crippen LogP contribution in [0.1, 0.15) is 29.0 Å². The molecule has 0 saturated heterocycles. The molecule has 0 spiro atoms. The van der Waals surface area contributed by atoms with E-state index in [9.17, 15) is 4.79 Å². The van der Waals surface area contributed by atoms with Gasteiger partial charge >= 0.3 is 5.97 Å². The second-order valence-corrected chi connectivity index (χ2v) is 4.75. The van der Waals surface area contributed by atoms with Crippen LogP contribution in [-0.4, -0.2) is 30.2 Å². The molecule has 0 aliphatic rings. The number of benzene rings is 1. The van der Waals surface area contributed by atoms with E-state index >= 15 is 0 Å². The predicted octanol–water partition coefficient (Wildman–Crippen LogP) is 2.99. The number of aromatic nitrogens is 1. The van der Waals surface area contributed by atoms with Crippen molar-refractivity contribution in [3.05, 3.63) is 53.7 Å². The molecule has 0 aliphatic carbocycles. The van der Waals surface area contributed by atoms with Gasteiger partial charge in [0.1, 0.15) is 11.6 Å². The summed E-state index contributed by atoms with van der Waals surface area (Å²) in [6.45, 7) is 2.04. The summed E-state index contributed by atoms with van der Waals surface area (Å²) in [4.78, 5) is 17.1. The fraction of sp³-hybridized carbons (Fsp3) is 0.250. The zero-order valence-corrected chi connectivity index (χ0v) is 12.3. The normalized spacial score (nSPS) is 11.8. The van der Waals surface area contributed by atoms with E-state index in [0.29, 0.717) is 5.82 Å². The molecule has 5 nitrogen and oxygen atoms in total. The van der Waals surface area contributed by atoms with E-state index in [2.05, 4.69) is 4.98 Å². The van der Waals surface area contributed by atoms with E-state index < -0.39 is 5.97 Å². The molecule has 110 valence electrons. The van der Waals surface area contributed by atoms with Crippen molar-refractivity contribution >= 4 is 11.8 Å². The van der Waals surface area contributed by atoms with E-state index in [4.69, 9.17) is 9.84 Å². The topological polar surface area (TPSA) is 62.7 Å². The van der Waals surface area contributed by atoms with Crippen LogP contribution in [0, 0.1) is 0 Å². The van der Waals surface area contributed by atoms with E-state index in [1.165, 1.54) is 6.07 Å². The summed E-state index contributed by atoms with van der Waals surface area (Å²) in [5, 5.41) is 9.01. The predicted molar refractivity (Wildman–Crippen MR) is 81.0 cm³/mol. The Labute approximate surface area is 123 Å². The van der Waals surface area contributed by atoms with Crippen LogP contribution >= 0.6 is 0 Å². The summed E-state index contributed by atoms with van der Waals surface area (Å²) >= 11 is 0. The highest BCUT2D eigenvalue weighted by Crippen LogP contribution is 2.25. The molecule has 0 fully saturated rings. The highest BCUT2D eigenvalue weighted by Gasteiger charge is 2.15. The minimum atomic E-state index is -1.03. The van der Waals surface area contributed by atoms with E-state index in [1.807, 2.05) is 43.1 Å². The first-order valence-electron chi connectivity index (χ1n) is 6.60. The molecular formula is C16H18N2O3. The largest absolute Gasteiger partial charge is 0.497 e. The summed E-state index contributed by atoms with van der Waals surface area (Å²) in [6, 6.07) is 12.8. The zero-order chi connectivity index (χ0) is 15.4. The molecule has 0 aliphatic heterocycles. The summed E-state index contributed by atoms with van der Waals surface area (Å²) < 4.78 is 5.14. The standard InChI is InChI=1S/C16H18N2O3/c1-11(12-7-9-13(21-3)10-8-12)18(2)15-6-4-5-14(17-15)16(19)20/h4-11H,1-3H3,(H,19,20). The lowest BCUT2D eigenvalue weighted by Crippen LogP contribution is -2.23. The summed E-state index contributed by atoms with van der Waals surface area (Å²) in [7, 11) is 3.52. The first kappa shape index (κ1) is 14.8. The van der Waals surface area contributed by atoms with Gasteiger partial charge in [0.2, 0.25) is 0 Å². The molecule has 5 heteroatoms. The molecule has 1 atom stereocenters. The van der Waals surface area contributed by atoms with Gasteiger partial charge in [0.15, 0.2) is 5.69 Å². The van der Waals surface area contributed by atoms with Gasteiger partial charge in [-0.3, -0.25) is 0 Å². The minimum Gasteiger partial charge on any atom is -0.497 e. The fourth-order valence-electron chi connectivity index (χ4n) is 2.04. The number of rotatable bonds is 5. The Morgan fingerprint density at radius 1 is 1.24 bits per heavy atom. The lowest BCUT2D eigenvalue weighted by atomic mass is 10.1. The minimum absolute atomic E-state index is 0.0429. The number of carbonyl (C=O) groups is 1. The Morgan fingerprint density at radius 2 is 1.90 bits per heavy atom. The van der Waals surface area contributed by atoms with Crippen LogP contribution in [0.25, 0.3) is 0 Å². The Kier molecular flexibility index (Phi) is 4.42. The van der Waals surface area contributed by atoms with Crippen molar-refractivity contribution in [3.63, 3.8) is 0 Å². The lowest BCUT2D eigenvalue weighted by molar-refractivity contribution is 0.0690. The number of anilines is 1. The first-order chi connectivity index (χ1) is 10.0. The van der Waals surface area contributed by atoms with Crippen LogP contribution in [0.2, 0.25) is 0 Å². The third kappa shape index (κ3) is 3.31. The highest BCUT2D eigenvalue weighted by atomic mass is 16.5. The average molecular weight is 286 g/mol. The van der Waals surface area contributed by atoms with Crippen molar-refractivity contribution in [2.75, 3.05) is 19.1 Å². The summed E-state index contributed by atoms with van der Waals surface area (Å²) in [5.74, 6) is 0.403. The van der Waals surface area contributed by atoms with Gasteiger partial charge in [-0.15, -0.1) is 0 Å². The highest BCUT2D eigenvalue weighted by molar-refractivity contribution is 5.85. The number of hydrogen-bond acceptors (Lipinski definition) is 4. The number of hydrogen-bond donors (Lipinski definition) is 1. The van der Waals surface area contributed by atoms with Gasteiger partial charge < -0.3 is 14.7 Å². The Bertz CT molecular complexity index is 626. The monoisotopic (exact) mass is 286 g/mol. The molecular weight excluding hydrogens is 268 g/mol. The number of nitrogens with zero attached hydrogens (tertiary/aromatic N) is 2. The number of methoxy groups -OCH3 is 1. The van der Waals surface area contributed by atoms with Gasteiger partial charge in [-0.05, 0) is 36.8 Å². The average Bonchev–Trinajstić information content (AvgIpc) is 2.53. The van der Waals surface area contributed by atoms with Gasteiger partial charge in [0.25, 0.3) is 0 Å². The molecule has 21 heavy (non-hydrogen) atoms. The molecule has 1 N–H and O–H groups in total. The number of aromatic carboxylic acids is 1. The van der Waals surface area contributed by atoms with Gasteiger partial charge in [-0.1, -0.05) is 18.2 Å². The van der Waals surface area contributed by atoms with Gasteiger partial charge in [0, 0.05) is 7.05 Å². The van der Waals surface area contributed by atoms with E-state index in [0.717, 1.165) is 11.3 Å². The Morgan fingerprint density at radius 3 is 2.48 bits per heavy atom. The number of carboxylic acid groups (broad SMARTS) is 1. The van der Waals surface area contributed by atoms with Crippen LogP contribution in [0.5, 0.6) is 5.75 Å². The van der Waals surface area contributed by atoms with E-state index in [-0.39, 0.29) is 11.7 Å². The van der Waals surface area contributed by atoms with Crippen molar-refractivity contribution in [2.45, 2.75) is 13.0 Å². The van der Waals surface area contributed by atoms with E-state index in [1.54, 1.807) is 19.2 Å². The van der Waals surface area contributed by atoms with Crippen molar-refractivity contribution in [2.24, 2.45) is 0 Å². The maximum atomic E-state index is 11.0. The third-order valence-corrected chi connectivity index (χ3v) is 3.49. The molecule has 1 aromatic heterocycles. The molecule has 2 rings (SSSR count). The molecule has 0 saturated carbocycles. The zero-order valence-electron chi connectivity index (χ0n) is 12.3. The van der Waals surface area contributed by atoms with Crippen molar-refractivity contribution in [3.8, 4) is 5.75 Å². The van der Waals surface area contributed by atoms with Crippen LogP contribution in [0.3, 0.4) is 0 Å². The molecule has 1 aromatic carbocycles. The fourth-order valence-corrected chi connectivity index (χ4v) is 2.04. The SMILES string of the molecule is COc1ccc(C(C)N(C)c2cccc(C(=O)O)n2)cc1. The molecule has 2 aromatic rings. The lowest BCUT2D eigenvalue weighted by Gasteiger charge is -2.26. The summed E-state index contributed by atoms with van der Waals surface area (Å²) in [6.07, 6.45) is 0. The van der Waals surface area contributed by atoms with Crippen molar-refractivity contribution in [1.29, 1.82) is 0 Å². The van der Waals surface area contributed by atoms with Gasteiger partial charge in [-0.25, -0.2) is 9.78 Å². The van der Waals surface area contributed by atoms with Crippen molar-refractivity contribution < 1.29 is 14.6 Å². The maximum Gasteiger partial charge on any atom is 0.354 e. The van der Waals surface area contributed by atoms with Crippen LogP contribution < -0.4 is 9.64 Å². The molecule has 1 heterocycles. The number of pyridine rings is 1. The van der Waals surface area contributed by atoms with Gasteiger partial charge in [-0.2, -0.15) is 0 Å². The molecule has 0 bridgehead atoms. The second-order valence-electron chi connectivity index (χ2n) is 4.75. The van der Waals surface area contributed by atoms with Gasteiger partial charge in [0.05, 0.1) is 13.2 Å². The van der Waals surface area contributed by atoms with Crippen LogP contribution in [0.4, 0.5) is 5.82 Å². The smallest absolute Gasteiger partial charge is 0.354 e. The quantitative estimate of drug-likeness (QED) is 0.915.